The third-order valence-corrected chi connectivity index (χ3v) is 4.44. The van der Waals surface area contributed by atoms with Gasteiger partial charge >= 0.3 is 0 Å². The van der Waals surface area contributed by atoms with E-state index in [0.717, 1.165) is 6.42 Å². The maximum atomic E-state index is 12.5. The van der Waals surface area contributed by atoms with E-state index in [-0.39, 0.29) is 17.6 Å². The Kier molecular flexibility index (Phi) is 4.86. The van der Waals surface area contributed by atoms with Crippen LogP contribution in [-0.4, -0.2) is 24.1 Å². The Labute approximate surface area is 150 Å². The van der Waals surface area contributed by atoms with E-state index >= 15 is 0 Å². The molecule has 0 saturated carbocycles. The van der Waals surface area contributed by atoms with Gasteiger partial charge in [0.1, 0.15) is 0 Å². The van der Waals surface area contributed by atoms with Crippen LogP contribution in [0.25, 0.3) is 0 Å². The van der Waals surface area contributed by atoms with E-state index in [2.05, 4.69) is 5.32 Å². The van der Waals surface area contributed by atoms with Gasteiger partial charge in [-0.25, -0.2) is 0 Å². The zero-order valence-corrected chi connectivity index (χ0v) is 14.5. The molecule has 25 heavy (non-hydrogen) atoms. The first kappa shape index (κ1) is 17.2. The van der Waals surface area contributed by atoms with Crippen LogP contribution in [0.1, 0.15) is 40.5 Å². The first-order valence-electron chi connectivity index (χ1n) is 7.98. The Morgan fingerprint density at radius 3 is 2.36 bits per heavy atom. The minimum absolute atomic E-state index is 0.0132. The van der Waals surface area contributed by atoms with Crippen molar-refractivity contribution in [3.8, 4) is 0 Å². The number of carbonyl (C=O) groups excluding carboxylic acids is 3. The van der Waals surface area contributed by atoms with Crippen molar-refractivity contribution in [1.29, 1.82) is 0 Å². The number of hydrogen-bond donors (Lipinski definition) is 1. The van der Waals surface area contributed by atoms with Crippen molar-refractivity contribution in [3.63, 3.8) is 0 Å². The summed E-state index contributed by atoms with van der Waals surface area (Å²) >= 11 is 6.20. The molecule has 0 aliphatic carbocycles. The number of anilines is 2. The normalized spacial score (nSPS) is 13.8. The Morgan fingerprint density at radius 2 is 1.76 bits per heavy atom. The van der Waals surface area contributed by atoms with E-state index < -0.39 is 0 Å². The number of ketones is 1. The number of carbonyl (C=O) groups is 3. The standard InChI is InChI=1S/C19H17ClN2O3/c1-12(23)13-4-7-15(8-5-13)21-19(25)14-6-9-16(20)17(11-14)22-10-2-3-18(22)24/h4-9,11H,2-3,10H2,1H3,(H,21,25). The van der Waals surface area contributed by atoms with Crippen molar-refractivity contribution in [1.82, 2.24) is 0 Å². The summed E-state index contributed by atoms with van der Waals surface area (Å²) in [6.07, 6.45) is 1.28. The molecule has 2 aromatic carbocycles. The van der Waals surface area contributed by atoms with Crippen molar-refractivity contribution < 1.29 is 14.4 Å². The van der Waals surface area contributed by atoms with E-state index in [1.54, 1.807) is 47.4 Å². The van der Waals surface area contributed by atoms with Crippen LogP contribution in [0.2, 0.25) is 5.02 Å². The monoisotopic (exact) mass is 356 g/mol. The molecule has 1 heterocycles. The molecule has 1 aliphatic heterocycles. The molecule has 1 N–H and O–H groups in total. The average molecular weight is 357 g/mol. The van der Waals surface area contributed by atoms with Crippen LogP contribution in [0.3, 0.4) is 0 Å². The van der Waals surface area contributed by atoms with Crippen LogP contribution in [-0.2, 0) is 4.79 Å². The van der Waals surface area contributed by atoms with Crippen molar-refractivity contribution in [2.75, 3.05) is 16.8 Å². The number of amides is 2. The fourth-order valence-corrected chi connectivity index (χ4v) is 2.97. The summed E-state index contributed by atoms with van der Waals surface area (Å²) < 4.78 is 0. The molecule has 0 aromatic heterocycles. The second-order valence-electron chi connectivity index (χ2n) is 5.90. The fraction of sp³-hybridized carbons (Fsp3) is 0.211. The highest BCUT2D eigenvalue weighted by Crippen LogP contribution is 2.30. The first-order chi connectivity index (χ1) is 12.0. The summed E-state index contributed by atoms with van der Waals surface area (Å²) in [5.41, 5.74) is 2.14. The van der Waals surface area contributed by atoms with E-state index in [1.807, 2.05) is 0 Å². The van der Waals surface area contributed by atoms with Crippen molar-refractivity contribution in [2.24, 2.45) is 0 Å². The summed E-state index contributed by atoms with van der Waals surface area (Å²) in [6.45, 7) is 2.10. The van der Waals surface area contributed by atoms with Gasteiger partial charge in [-0.3, -0.25) is 14.4 Å². The highest BCUT2D eigenvalue weighted by atomic mass is 35.5. The average Bonchev–Trinajstić information content (AvgIpc) is 3.01. The predicted molar refractivity (Wildman–Crippen MR) is 97.4 cm³/mol. The topological polar surface area (TPSA) is 66.5 Å². The van der Waals surface area contributed by atoms with Crippen LogP contribution in [0.5, 0.6) is 0 Å². The third kappa shape index (κ3) is 3.72. The Bertz CT molecular complexity index is 846. The lowest BCUT2D eigenvalue weighted by Crippen LogP contribution is -2.24. The number of rotatable bonds is 4. The molecule has 2 amide bonds. The number of Topliss-reactive ketones (excluding diaryl/α,β-unsaturated/α-hetero) is 1. The predicted octanol–water partition coefficient (Wildman–Crippen LogP) is 3.92. The molecule has 1 saturated heterocycles. The zero-order valence-electron chi connectivity index (χ0n) is 13.7. The summed E-state index contributed by atoms with van der Waals surface area (Å²) in [7, 11) is 0. The van der Waals surface area contributed by atoms with Gasteiger partial charge in [-0.1, -0.05) is 11.6 Å². The second kappa shape index (κ2) is 7.07. The number of halogens is 1. The molecule has 3 rings (SSSR count). The highest BCUT2D eigenvalue weighted by molar-refractivity contribution is 6.34. The van der Waals surface area contributed by atoms with Crippen molar-refractivity contribution in [2.45, 2.75) is 19.8 Å². The molecule has 6 heteroatoms. The smallest absolute Gasteiger partial charge is 0.255 e. The Hall–Kier alpha value is -2.66. The Balaban J connectivity index is 1.80. The summed E-state index contributed by atoms with van der Waals surface area (Å²) in [6, 6.07) is 11.5. The molecule has 0 spiro atoms. The van der Waals surface area contributed by atoms with Gasteiger partial charge in [-0.15, -0.1) is 0 Å². The maximum Gasteiger partial charge on any atom is 0.255 e. The molecule has 0 atom stereocenters. The summed E-state index contributed by atoms with van der Waals surface area (Å²) in [5, 5.41) is 3.22. The van der Waals surface area contributed by atoms with Crippen molar-refractivity contribution in [3.05, 3.63) is 58.6 Å². The highest BCUT2D eigenvalue weighted by Gasteiger charge is 2.24. The van der Waals surface area contributed by atoms with Gasteiger partial charge in [0.25, 0.3) is 5.91 Å². The van der Waals surface area contributed by atoms with Gasteiger partial charge in [-0.05, 0) is 55.8 Å². The minimum atomic E-state index is -0.305. The number of hydrogen-bond acceptors (Lipinski definition) is 3. The Morgan fingerprint density at radius 1 is 1.08 bits per heavy atom. The van der Waals surface area contributed by atoms with Crippen LogP contribution < -0.4 is 10.2 Å². The molecule has 128 valence electrons. The van der Waals surface area contributed by atoms with Gasteiger partial charge in [0.2, 0.25) is 5.91 Å². The molecule has 2 aromatic rings. The number of nitrogens with zero attached hydrogens (tertiary/aromatic N) is 1. The summed E-state index contributed by atoms with van der Waals surface area (Å²) in [4.78, 5) is 37.3. The van der Waals surface area contributed by atoms with Gasteiger partial charge in [-0.2, -0.15) is 0 Å². The SMILES string of the molecule is CC(=O)c1ccc(NC(=O)c2ccc(Cl)c(N3CCCC3=O)c2)cc1. The van der Waals surface area contributed by atoms with Gasteiger partial charge < -0.3 is 10.2 Å². The van der Waals surface area contributed by atoms with Gasteiger partial charge in [0.15, 0.2) is 5.78 Å². The number of nitrogens with one attached hydrogen (secondary N) is 1. The largest absolute Gasteiger partial charge is 0.322 e. The van der Waals surface area contributed by atoms with Crippen LogP contribution in [0.4, 0.5) is 11.4 Å². The lowest BCUT2D eigenvalue weighted by molar-refractivity contribution is -0.117. The van der Waals surface area contributed by atoms with Crippen LogP contribution in [0.15, 0.2) is 42.5 Å². The molecule has 5 nitrogen and oxygen atoms in total. The first-order valence-corrected chi connectivity index (χ1v) is 8.36. The van der Waals surface area contributed by atoms with Gasteiger partial charge in [0, 0.05) is 29.8 Å². The van der Waals surface area contributed by atoms with E-state index in [9.17, 15) is 14.4 Å². The van der Waals surface area contributed by atoms with Gasteiger partial charge in [0.05, 0.1) is 10.7 Å². The zero-order chi connectivity index (χ0) is 18.0. The maximum absolute atomic E-state index is 12.5. The molecule has 0 unspecified atom stereocenters. The number of benzene rings is 2. The molecule has 0 radical (unpaired) electrons. The van der Waals surface area contributed by atoms with Crippen molar-refractivity contribution >= 4 is 40.6 Å². The van der Waals surface area contributed by atoms with E-state index in [1.165, 1.54) is 6.92 Å². The fourth-order valence-electron chi connectivity index (χ4n) is 2.76. The summed E-state index contributed by atoms with van der Waals surface area (Å²) in [5.74, 6) is -0.324. The lowest BCUT2D eigenvalue weighted by Gasteiger charge is -2.18. The van der Waals surface area contributed by atoms with Crippen LogP contribution >= 0.6 is 11.6 Å². The quantitative estimate of drug-likeness (QED) is 0.844. The van der Waals surface area contributed by atoms with Crippen LogP contribution in [0, 0.1) is 0 Å². The third-order valence-electron chi connectivity index (χ3n) is 4.12. The van der Waals surface area contributed by atoms with E-state index in [0.29, 0.717) is 40.5 Å². The lowest BCUT2D eigenvalue weighted by atomic mass is 10.1. The molecule has 1 aliphatic rings. The molecule has 0 bridgehead atoms. The minimum Gasteiger partial charge on any atom is -0.322 e. The van der Waals surface area contributed by atoms with E-state index in [4.69, 9.17) is 11.6 Å². The second-order valence-corrected chi connectivity index (χ2v) is 6.31. The molecule has 1 fully saturated rings. The molecular weight excluding hydrogens is 340 g/mol. The molecular formula is C19H17ClN2O3.